The molecule has 0 spiro atoms. The smallest absolute Gasteiger partial charge is 0.145 e. The Bertz CT molecular complexity index is 3850. The summed E-state index contributed by atoms with van der Waals surface area (Å²) in [7, 11) is 0. The van der Waals surface area contributed by atoms with Gasteiger partial charge in [0.25, 0.3) is 0 Å². The zero-order chi connectivity index (χ0) is 41.1. The standard InChI is InChI=1S/C56H30N4O2/c57-31-37-29-49(59-45-23-19-35(33-11-3-1-4-12-33)27-43(45)53-47(59)25-21-41-39-15-7-9-17-51(39)61-55(41)53)50(30-38(37)32-58)60-46-24-20-36(34-13-5-2-6-14-34)28-44(46)54-48(60)26-22-42-40-16-8-10-18-52(40)62-56(42)54/h1-30H. The summed E-state index contributed by atoms with van der Waals surface area (Å²) in [6.07, 6.45) is 0. The van der Waals surface area contributed by atoms with Crippen molar-refractivity contribution in [2.45, 2.75) is 0 Å². The third-order valence-corrected chi connectivity index (χ3v) is 12.6. The van der Waals surface area contributed by atoms with Gasteiger partial charge in [0.1, 0.15) is 34.5 Å². The molecule has 0 radical (unpaired) electrons. The minimum absolute atomic E-state index is 0.291. The number of hydrogen-bond acceptors (Lipinski definition) is 4. The highest BCUT2D eigenvalue weighted by Gasteiger charge is 2.26. The molecule has 0 fully saturated rings. The van der Waals surface area contributed by atoms with E-state index in [9.17, 15) is 10.5 Å². The number of rotatable bonds is 4. The number of fused-ring (bicyclic) bond motifs is 14. The third kappa shape index (κ3) is 4.72. The number of aromatic nitrogens is 2. The predicted octanol–water partition coefficient (Wildman–Crippen LogP) is 14.8. The van der Waals surface area contributed by atoms with E-state index in [4.69, 9.17) is 8.83 Å². The van der Waals surface area contributed by atoms with Crippen molar-refractivity contribution >= 4 is 87.5 Å². The molecule has 9 aromatic carbocycles. The van der Waals surface area contributed by atoms with Crippen molar-refractivity contribution in [1.29, 1.82) is 10.5 Å². The lowest BCUT2D eigenvalue weighted by molar-refractivity contribution is 0.672. The number of para-hydroxylation sites is 2. The van der Waals surface area contributed by atoms with Gasteiger partial charge in [0.05, 0.1) is 55.3 Å². The van der Waals surface area contributed by atoms with E-state index < -0.39 is 0 Å². The van der Waals surface area contributed by atoms with Crippen LogP contribution in [0.2, 0.25) is 0 Å². The zero-order valence-corrected chi connectivity index (χ0v) is 32.9. The van der Waals surface area contributed by atoms with Crippen molar-refractivity contribution in [2.24, 2.45) is 0 Å². The Morgan fingerprint density at radius 3 is 1.18 bits per heavy atom. The monoisotopic (exact) mass is 790 g/mol. The van der Waals surface area contributed by atoms with Gasteiger partial charge in [0.15, 0.2) is 0 Å². The van der Waals surface area contributed by atoms with Crippen LogP contribution < -0.4 is 0 Å². The maximum Gasteiger partial charge on any atom is 0.145 e. The fourth-order valence-electron chi connectivity index (χ4n) is 9.83. The quantitative estimate of drug-likeness (QED) is 0.178. The molecule has 0 amide bonds. The molecule has 13 aromatic rings. The van der Waals surface area contributed by atoms with Crippen LogP contribution in [0.25, 0.3) is 121 Å². The van der Waals surface area contributed by atoms with Gasteiger partial charge in [-0.05, 0) is 95.1 Å². The first-order valence-electron chi connectivity index (χ1n) is 20.5. The van der Waals surface area contributed by atoms with E-state index >= 15 is 0 Å². The summed E-state index contributed by atoms with van der Waals surface area (Å²) in [6, 6.07) is 67.2. The minimum Gasteiger partial charge on any atom is -0.455 e. The average molecular weight is 791 g/mol. The summed E-state index contributed by atoms with van der Waals surface area (Å²) < 4.78 is 18.0. The summed E-state index contributed by atoms with van der Waals surface area (Å²) in [6.45, 7) is 0. The molecule has 6 nitrogen and oxygen atoms in total. The fourth-order valence-corrected chi connectivity index (χ4v) is 9.83. The molecule has 6 heteroatoms. The second kappa shape index (κ2) is 12.8. The van der Waals surface area contributed by atoms with Gasteiger partial charge in [-0.2, -0.15) is 10.5 Å². The zero-order valence-electron chi connectivity index (χ0n) is 32.9. The van der Waals surface area contributed by atoms with Crippen LogP contribution in [-0.4, -0.2) is 9.13 Å². The number of nitriles is 2. The maximum absolute atomic E-state index is 10.6. The molecule has 0 aliphatic heterocycles. The first kappa shape index (κ1) is 34.1. The molecule has 4 heterocycles. The molecular formula is C56H30N4O2. The lowest BCUT2D eigenvalue weighted by Crippen LogP contribution is -2.05. The second-order valence-corrected chi connectivity index (χ2v) is 15.8. The Kier molecular flexibility index (Phi) is 7.05. The highest BCUT2D eigenvalue weighted by Crippen LogP contribution is 2.46. The Hall–Kier alpha value is -8.84. The van der Waals surface area contributed by atoms with E-state index in [2.05, 4.69) is 143 Å². The SMILES string of the molecule is N#Cc1cc(-n2c3ccc(-c4ccccc4)cc3c3c4oc5ccccc5c4ccc32)c(-n2c3ccc(-c4ccccc4)cc3c3c4oc5ccccc5c4ccc32)cc1C#N. The molecule has 0 aliphatic carbocycles. The molecule has 0 saturated carbocycles. The van der Waals surface area contributed by atoms with Gasteiger partial charge >= 0.3 is 0 Å². The minimum atomic E-state index is 0.291. The summed E-state index contributed by atoms with van der Waals surface area (Å²) in [5.74, 6) is 0. The largest absolute Gasteiger partial charge is 0.455 e. The normalized spacial score (nSPS) is 11.8. The lowest BCUT2D eigenvalue weighted by atomic mass is 10.0. The molecular weight excluding hydrogens is 761 g/mol. The van der Waals surface area contributed by atoms with E-state index in [0.717, 1.165) is 121 Å². The van der Waals surface area contributed by atoms with Crippen LogP contribution in [-0.2, 0) is 0 Å². The molecule has 0 saturated heterocycles. The van der Waals surface area contributed by atoms with Crippen molar-refractivity contribution in [3.8, 4) is 45.8 Å². The van der Waals surface area contributed by atoms with Gasteiger partial charge in [-0.25, -0.2) is 0 Å². The van der Waals surface area contributed by atoms with Gasteiger partial charge in [-0.3, -0.25) is 0 Å². The first-order chi connectivity index (χ1) is 30.7. The van der Waals surface area contributed by atoms with Crippen molar-refractivity contribution in [2.75, 3.05) is 0 Å². The fraction of sp³-hybridized carbons (Fsp3) is 0. The van der Waals surface area contributed by atoms with E-state index in [-0.39, 0.29) is 0 Å². The van der Waals surface area contributed by atoms with E-state index in [1.165, 1.54) is 0 Å². The first-order valence-corrected chi connectivity index (χ1v) is 20.5. The summed E-state index contributed by atoms with van der Waals surface area (Å²) in [5, 5.41) is 29.4. The van der Waals surface area contributed by atoms with Crippen LogP contribution in [0.3, 0.4) is 0 Å². The van der Waals surface area contributed by atoms with E-state index in [0.29, 0.717) is 11.1 Å². The van der Waals surface area contributed by atoms with Crippen molar-refractivity contribution in [3.05, 3.63) is 193 Å². The van der Waals surface area contributed by atoms with Gasteiger partial charge in [-0.15, -0.1) is 0 Å². The molecule has 0 atom stereocenters. The van der Waals surface area contributed by atoms with Gasteiger partial charge in [0.2, 0.25) is 0 Å². The molecule has 0 N–H and O–H groups in total. The molecule has 0 aliphatic rings. The van der Waals surface area contributed by atoms with Gasteiger partial charge in [0, 0.05) is 32.3 Å². The van der Waals surface area contributed by atoms with Crippen LogP contribution in [0.5, 0.6) is 0 Å². The molecule has 0 bridgehead atoms. The van der Waals surface area contributed by atoms with Crippen molar-refractivity contribution < 1.29 is 8.83 Å². The summed E-state index contributed by atoms with van der Waals surface area (Å²) >= 11 is 0. The number of nitrogens with zero attached hydrogens (tertiary/aromatic N) is 4. The van der Waals surface area contributed by atoms with Gasteiger partial charge in [-0.1, -0.05) is 109 Å². The maximum atomic E-state index is 10.6. The van der Waals surface area contributed by atoms with Crippen molar-refractivity contribution in [1.82, 2.24) is 9.13 Å². The van der Waals surface area contributed by atoms with Crippen LogP contribution in [0, 0.1) is 22.7 Å². The predicted molar refractivity (Wildman–Crippen MR) is 250 cm³/mol. The third-order valence-electron chi connectivity index (χ3n) is 12.6. The second-order valence-electron chi connectivity index (χ2n) is 15.8. The highest BCUT2D eigenvalue weighted by atomic mass is 16.3. The topological polar surface area (TPSA) is 83.7 Å². The number of hydrogen-bond donors (Lipinski definition) is 0. The molecule has 286 valence electrons. The van der Waals surface area contributed by atoms with E-state index in [1.54, 1.807) is 0 Å². The van der Waals surface area contributed by atoms with Crippen LogP contribution >= 0.6 is 0 Å². The number of furan rings is 2. The molecule has 0 unspecified atom stereocenters. The van der Waals surface area contributed by atoms with E-state index in [1.807, 2.05) is 60.7 Å². The Balaban J connectivity index is 1.19. The Labute approximate surface area is 353 Å². The Morgan fingerprint density at radius 2 is 0.742 bits per heavy atom. The number of benzene rings is 9. The molecule has 4 aromatic heterocycles. The molecule has 13 rings (SSSR count). The average Bonchev–Trinajstić information content (AvgIpc) is 4.08. The van der Waals surface area contributed by atoms with Crippen LogP contribution in [0.15, 0.2) is 191 Å². The summed E-state index contributed by atoms with van der Waals surface area (Å²) in [5.41, 5.74) is 13.4. The van der Waals surface area contributed by atoms with Crippen molar-refractivity contribution in [3.63, 3.8) is 0 Å². The highest BCUT2D eigenvalue weighted by molar-refractivity contribution is 6.26. The summed E-state index contributed by atoms with van der Waals surface area (Å²) in [4.78, 5) is 0. The van der Waals surface area contributed by atoms with Gasteiger partial charge < -0.3 is 18.0 Å². The van der Waals surface area contributed by atoms with Crippen LogP contribution in [0.4, 0.5) is 0 Å². The lowest BCUT2D eigenvalue weighted by Gasteiger charge is -2.18. The molecule has 62 heavy (non-hydrogen) atoms. The van der Waals surface area contributed by atoms with Crippen LogP contribution in [0.1, 0.15) is 11.1 Å². The Morgan fingerprint density at radius 1 is 0.339 bits per heavy atom.